The van der Waals surface area contributed by atoms with Crippen LogP contribution in [0.3, 0.4) is 0 Å². The van der Waals surface area contributed by atoms with E-state index < -0.39 is 40.3 Å². The number of amides is 2. The summed E-state index contributed by atoms with van der Waals surface area (Å²) in [4.78, 5) is 40.0. The summed E-state index contributed by atoms with van der Waals surface area (Å²) in [5, 5.41) is 3.43. The summed E-state index contributed by atoms with van der Waals surface area (Å²) in [6, 6.07) is 5.95. The number of carbonyl (C=O) groups is 3. The number of rotatable bonds is 4. The van der Waals surface area contributed by atoms with E-state index in [0.717, 1.165) is 16.2 Å². The maximum atomic E-state index is 14.6. The molecular formula is C21H19F3N2O4S. The highest BCUT2D eigenvalue weighted by Crippen LogP contribution is 2.52. The molecule has 0 radical (unpaired) electrons. The van der Waals surface area contributed by atoms with Crippen molar-refractivity contribution in [3.63, 3.8) is 0 Å². The summed E-state index contributed by atoms with van der Waals surface area (Å²) in [7, 11) is 0. The number of Topliss-reactive ketones (excluding diaryl/α,β-unsaturated/α-hetero) is 1. The molecular weight excluding hydrogens is 433 g/mol. The Labute approximate surface area is 179 Å². The van der Waals surface area contributed by atoms with Gasteiger partial charge in [0.2, 0.25) is 5.54 Å². The Hall–Kier alpha value is -2.88. The highest BCUT2D eigenvalue weighted by Gasteiger charge is 2.71. The number of allylic oxidation sites excluding steroid dienone is 1. The fraction of sp³-hybridized carbons (Fsp3) is 0.381. The molecule has 0 fully saturated rings. The van der Waals surface area contributed by atoms with E-state index in [4.69, 9.17) is 4.42 Å². The second-order valence-electron chi connectivity index (χ2n) is 8.41. The van der Waals surface area contributed by atoms with E-state index in [1.807, 2.05) is 5.32 Å². The predicted molar refractivity (Wildman–Crippen MR) is 105 cm³/mol. The van der Waals surface area contributed by atoms with Gasteiger partial charge in [-0.2, -0.15) is 13.2 Å². The molecule has 4 rings (SSSR count). The van der Waals surface area contributed by atoms with Gasteiger partial charge in [0.1, 0.15) is 5.76 Å². The van der Waals surface area contributed by atoms with Crippen molar-refractivity contribution in [2.24, 2.45) is 5.41 Å². The molecule has 2 aromatic heterocycles. The van der Waals surface area contributed by atoms with E-state index in [2.05, 4.69) is 0 Å². The van der Waals surface area contributed by atoms with Gasteiger partial charge in [-0.05, 0) is 35.4 Å². The summed E-state index contributed by atoms with van der Waals surface area (Å²) < 4.78 is 49.0. The van der Waals surface area contributed by atoms with Crippen LogP contribution in [-0.4, -0.2) is 34.2 Å². The lowest BCUT2D eigenvalue weighted by atomic mass is 9.72. The van der Waals surface area contributed by atoms with E-state index in [1.165, 1.54) is 29.8 Å². The number of alkyl halides is 3. The number of halogens is 3. The van der Waals surface area contributed by atoms with Crippen molar-refractivity contribution in [1.82, 2.24) is 10.2 Å². The zero-order valence-electron chi connectivity index (χ0n) is 16.7. The summed E-state index contributed by atoms with van der Waals surface area (Å²) in [6.45, 7) is 3.23. The summed E-state index contributed by atoms with van der Waals surface area (Å²) in [5.41, 5.74) is -4.80. The minimum absolute atomic E-state index is 0.00616. The van der Waals surface area contributed by atoms with E-state index in [9.17, 15) is 27.6 Å². The van der Waals surface area contributed by atoms with Crippen molar-refractivity contribution in [2.45, 2.75) is 44.9 Å². The highest BCUT2D eigenvalue weighted by atomic mass is 32.1. The molecule has 0 spiro atoms. The van der Waals surface area contributed by atoms with Crippen LogP contribution in [0.5, 0.6) is 0 Å². The van der Waals surface area contributed by atoms with Crippen LogP contribution in [0.1, 0.15) is 42.1 Å². The van der Waals surface area contributed by atoms with Gasteiger partial charge in [0.15, 0.2) is 5.78 Å². The fourth-order valence-electron chi connectivity index (χ4n) is 4.19. The number of carbonyl (C=O) groups excluding carboxylic acids is 3. The molecule has 1 aliphatic carbocycles. The molecule has 1 aliphatic heterocycles. The van der Waals surface area contributed by atoms with Crippen LogP contribution in [0.4, 0.5) is 13.2 Å². The Bertz CT molecular complexity index is 1070. The molecule has 1 atom stereocenters. The number of thiophene rings is 1. The molecule has 2 aliphatic rings. The molecule has 2 aromatic rings. The second-order valence-corrected chi connectivity index (χ2v) is 9.36. The maximum Gasteiger partial charge on any atom is 0.425 e. The zero-order chi connectivity index (χ0) is 22.6. The summed E-state index contributed by atoms with van der Waals surface area (Å²) in [6.07, 6.45) is -3.98. The van der Waals surface area contributed by atoms with Crippen molar-refractivity contribution in [1.29, 1.82) is 0 Å². The molecule has 31 heavy (non-hydrogen) atoms. The summed E-state index contributed by atoms with van der Waals surface area (Å²) >= 11 is 0.939. The van der Waals surface area contributed by atoms with Gasteiger partial charge >= 0.3 is 6.18 Å². The van der Waals surface area contributed by atoms with Gasteiger partial charge in [-0.3, -0.25) is 14.4 Å². The van der Waals surface area contributed by atoms with Crippen LogP contribution in [0.25, 0.3) is 0 Å². The Morgan fingerprint density at radius 3 is 2.55 bits per heavy atom. The highest BCUT2D eigenvalue weighted by molar-refractivity contribution is 7.12. The van der Waals surface area contributed by atoms with Gasteiger partial charge in [0, 0.05) is 12.1 Å². The first-order chi connectivity index (χ1) is 14.5. The molecule has 2 amide bonds. The van der Waals surface area contributed by atoms with Gasteiger partial charge in [-0.1, -0.05) is 19.9 Å². The third kappa shape index (κ3) is 3.38. The minimum atomic E-state index is -5.23. The van der Waals surface area contributed by atoms with Crippen LogP contribution < -0.4 is 5.32 Å². The Morgan fingerprint density at radius 1 is 1.23 bits per heavy atom. The lowest BCUT2D eigenvalue weighted by Gasteiger charge is -2.35. The average molecular weight is 452 g/mol. The molecule has 3 heterocycles. The minimum Gasteiger partial charge on any atom is -0.467 e. The lowest BCUT2D eigenvalue weighted by molar-refractivity contribution is -0.191. The normalized spacial score (nSPS) is 23.3. The Balaban J connectivity index is 1.88. The van der Waals surface area contributed by atoms with Gasteiger partial charge in [0.05, 0.1) is 23.3 Å². The monoisotopic (exact) mass is 452 g/mol. The number of nitrogens with one attached hydrogen (secondary N) is 1. The maximum absolute atomic E-state index is 14.6. The molecule has 0 bridgehead atoms. The standard InChI is InChI=1S/C21H19F3N2O4S/c1-19(2)9-13-16(14(27)10-19)20(21(22,23)24,25-17(28)15-6-4-8-31-15)18(29)26(13)11-12-5-3-7-30-12/h3-8H,9-11H2,1-2H3,(H,25,28)/t20-/m1/s1. The fourth-order valence-corrected chi connectivity index (χ4v) is 4.81. The van der Waals surface area contributed by atoms with E-state index in [0.29, 0.717) is 0 Å². The van der Waals surface area contributed by atoms with Crippen LogP contribution >= 0.6 is 11.3 Å². The Kier molecular flexibility index (Phi) is 4.88. The average Bonchev–Trinajstić information content (AvgIpc) is 3.38. The van der Waals surface area contributed by atoms with Gasteiger partial charge in [0.25, 0.3) is 11.8 Å². The third-order valence-electron chi connectivity index (χ3n) is 5.48. The quantitative estimate of drug-likeness (QED) is 0.759. The van der Waals surface area contributed by atoms with Crippen molar-refractivity contribution >= 4 is 28.9 Å². The van der Waals surface area contributed by atoms with Gasteiger partial charge in [-0.15, -0.1) is 11.3 Å². The second kappa shape index (κ2) is 7.08. The lowest BCUT2D eigenvalue weighted by Crippen LogP contribution is -2.66. The van der Waals surface area contributed by atoms with Gasteiger partial charge < -0.3 is 14.6 Å². The first kappa shape index (κ1) is 21.4. The van der Waals surface area contributed by atoms with Crippen LogP contribution in [0.2, 0.25) is 0 Å². The number of furan rings is 1. The first-order valence-electron chi connectivity index (χ1n) is 9.50. The molecule has 164 valence electrons. The molecule has 0 saturated carbocycles. The number of nitrogens with zero attached hydrogens (tertiary/aromatic N) is 1. The number of ketones is 1. The smallest absolute Gasteiger partial charge is 0.425 e. The summed E-state index contributed by atoms with van der Waals surface area (Å²) in [5.74, 6) is -3.01. The third-order valence-corrected chi connectivity index (χ3v) is 6.35. The number of hydrogen-bond donors (Lipinski definition) is 1. The van der Waals surface area contributed by atoms with Crippen molar-refractivity contribution in [3.8, 4) is 0 Å². The van der Waals surface area contributed by atoms with E-state index in [-0.39, 0.29) is 35.7 Å². The van der Waals surface area contributed by atoms with Crippen LogP contribution in [0.15, 0.2) is 51.6 Å². The van der Waals surface area contributed by atoms with Crippen LogP contribution in [0, 0.1) is 5.41 Å². The number of hydrogen-bond acceptors (Lipinski definition) is 5. The SMILES string of the molecule is CC1(C)CC(=O)C2=C(C1)N(Cc1ccco1)C(=O)[C@@]2(NC(=O)c1cccs1)C(F)(F)F. The predicted octanol–water partition coefficient (Wildman–Crippen LogP) is 4.06. The topological polar surface area (TPSA) is 79.6 Å². The zero-order valence-corrected chi connectivity index (χ0v) is 17.5. The molecule has 0 unspecified atom stereocenters. The first-order valence-corrected chi connectivity index (χ1v) is 10.4. The van der Waals surface area contributed by atoms with Crippen LogP contribution in [-0.2, 0) is 16.1 Å². The van der Waals surface area contributed by atoms with E-state index in [1.54, 1.807) is 19.9 Å². The largest absolute Gasteiger partial charge is 0.467 e. The molecule has 1 N–H and O–H groups in total. The molecule has 0 saturated heterocycles. The van der Waals surface area contributed by atoms with Crippen molar-refractivity contribution < 1.29 is 32.0 Å². The molecule has 10 heteroatoms. The Morgan fingerprint density at radius 2 is 1.97 bits per heavy atom. The van der Waals surface area contributed by atoms with E-state index >= 15 is 0 Å². The van der Waals surface area contributed by atoms with Crippen molar-refractivity contribution in [2.75, 3.05) is 0 Å². The molecule has 0 aromatic carbocycles. The van der Waals surface area contributed by atoms with Gasteiger partial charge in [-0.25, -0.2) is 0 Å². The van der Waals surface area contributed by atoms with Crippen molar-refractivity contribution in [3.05, 3.63) is 57.8 Å². The molecule has 6 nitrogen and oxygen atoms in total.